The van der Waals surface area contributed by atoms with Crippen LogP contribution in [0.3, 0.4) is 0 Å². The summed E-state index contributed by atoms with van der Waals surface area (Å²) in [5.41, 5.74) is 3.01. The van der Waals surface area contributed by atoms with Gasteiger partial charge < -0.3 is 20.4 Å². The standard InChI is InChI=1S/C28H26F2N6O/c1-3-25(37)32-20-8-4-6-18(14-20)22-9-5-7-19-17-31-28(33-26(19)22)34-27-23(29)15-21(16-24(27)30)36-12-10-35(2)11-13-36/h3-9,14-17H,1,10-13H2,2H3,(H,32,37)(H,31,33,34). The van der Waals surface area contributed by atoms with Gasteiger partial charge in [0.1, 0.15) is 5.69 Å². The highest BCUT2D eigenvalue weighted by Gasteiger charge is 2.19. The molecule has 9 heteroatoms. The van der Waals surface area contributed by atoms with E-state index in [0.29, 0.717) is 30.0 Å². The summed E-state index contributed by atoms with van der Waals surface area (Å²) >= 11 is 0. The molecule has 1 saturated heterocycles. The number of anilines is 4. The molecule has 0 bridgehead atoms. The van der Waals surface area contributed by atoms with Crippen molar-refractivity contribution in [3.05, 3.63) is 85.1 Å². The van der Waals surface area contributed by atoms with Crippen molar-refractivity contribution in [1.29, 1.82) is 0 Å². The topological polar surface area (TPSA) is 73.4 Å². The van der Waals surface area contributed by atoms with Crippen LogP contribution < -0.4 is 15.5 Å². The van der Waals surface area contributed by atoms with Crippen LogP contribution in [0.4, 0.5) is 31.8 Å². The van der Waals surface area contributed by atoms with Crippen LogP contribution in [0, 0.1) is 11.6 Å². The van der Waals surface area contributed by atoms with E-state index < -0.39 is 11.6 Å². The number of fused-ring (bicyclic) bond motifs is 1. The van der Waals surface area contributed by atoms with Gasteiger partial charge in [-0.1, -0.05) is 36.9 Å². The highest BCUT2D eigenvalue weighted by atomic mass is 19.1. The molecule has 4 aromatic rings. The minimum Gasteiger partial charge on any atom is -0.369 e. The predicted molar refractivity (Wildman–Crippen MR) is 143 cm³/mol. The van der Waals surface area contributed by atoms with E-state index >= 15 is 8.78 Å². The number of para-hydroxylation sites is 1. The van der Waals surface area contributed by atoms with Gasteiger partial charge in [-0.15, -0.1) is 0 Å². The van der Waals surface area contributed by atoms with Gasteiger partial charge in [-0.25, -0.2) is 18.7 Å². The van der Waals surface area contributed by atoms with Crippen molar-refractivity contribution < 1.29 is 13.6 Å². The summed E-state index contributed by atoms with van der Waals surface area (Å²) in [5.74, 6) is -1.67. The minimum atomic E-state index is -0.712. The van der Waals surface area contributed by atoms with Crippen LogP contribution in [0.15, 0.2) is 73.4 Å². The summed E-state index contributed by atoms with van der Waals surface area (Å²) in [6.07, 6.45) is 2.80. The Morgan fingerprint density at radius 3 is 2.49 bits per heavy atom. The Balaban J connectivity index is 1.45. The number of carbonyl (C=O) groups is 1. The third-order valence-electron chi connectivity index (χ3n) is 6.37. The molecular formula is C28H26F2N6O. The van der Waals surface area contributed by atoms with Crippen LogP contribution >= 0.6 is 0 Å². The lowest BCUT2D eigenvalue weighted by Gasteiger charge is -2.34. The Labute approximate surface area is 213 Å². The number of hydrogen-bond donors (Lipinski definition) is 2. The first-order valence-electron chi connectivity index (χ1n) is 11.9. The van der Waals surface area contributed by atoms with Crippen LogP contribution in [-0.4, -0.2) is 54.0 Å². The number of likely N-dealkylation sites (N-methyl/N-ethyl adjacent to an activating group) is 1. The fourth-order valence-electron chi connectivity index (χ4n) is 4.34. The Kier molecular flexibility index (Phi) is 6.78. The van der Waals surface area contributed by atoms with E-state index in [9.17, 15) is 4.79 Å². The molecule has 5 rings (SSSR count). The third-order valence-corrected chi connectivity index (χ3v) is 6.37. The number of aromatic nitrogens is 2. The highest BCUT2D eigenvalue weighted by molar-refractivity contribution is 6.00. The average molecular weight is 501 g/mol. The average Bonchev–Trinajstić information content (AvgIpc) is 2.90. The normalized spacial score (nSPS) is 14.0. The predicted octanol–water partition coefficient (Wildman–Crippen LogP) is 5.19. The van der Waals surface area contributed by atoms with E-state index in [1.165, 1.54) is 18.2 Å². The third kappa shape index (κ3) is 5.26. The zero-order valence-electron chi connectivity index (χ0n) is 20.3. The molecule has 0 spiro atoms. The van der Waals surface area contributed by atoms with Crippen molar-refractivity contribution in [3.63, 3.8) is 0 Å². The van der Waals surface area contributed by atoms with E-state index in [1.807, 2.05) is 48.3 Å². The van der Waals surface area contributed by atoms with Crippen molar-refractivity contribution in [1.82, 2.24) is 14.9 Å². The fraction of sp³-hybridized carbons (Fsp3) is 0.179. The molecule has 1 aliphatic heterocycles. The lowest BCUT2D eigenvalue weighted by Crippen LogP contribution is -2.44. The van der Waals surface area contributed by atoms with Crippen LogP contribution in [0.5, 0.6) is 0 Å². The maximum atomic E-state index is 15.0. The first kappa shape index (κ1) is 24.3. The van der Waals surface area contributed by atoms with Gasteiger partial charge in [-0.05, 0) is 43.0 Å². The van der Waals surface area contributed by atoms with Gasteiger partial charge in [0.2, 0.25) is 11.9 Å². The van der Waals surface area contributed by atoms with Crippen LogP contribution in [0.1, 0.15) is 0 Å². The molecule has 0 aliphatic carbocycles. The Morgan fingerprint density at radius 2 is 1.76 bits per heavy atom. The number of piperazine rings is 1. The molecular weight excluding hydrogens is 474 g/mol. The number of halogens is 2. The van der Waals surface area contributed by atoms with Crippen molar-refractivity contribution in [2.45, 2.75) is 0 Å². The maximum absolute atomic E-state index is 15.0. The van der Waals surface area contributed by atoms with Gasteiger partial charge in [0.15, 0.2) is 11.6 Å². The number of amides is 1. The summed E-state index contributed by atoms with van der Waals surface area (Å²) in [5, 5.41) is 6.23. The van der Waals surface area contributed by atoms with Crippen LogP contribution in [-0.2, 0) is 4.79 Å². The van der Waals surface area contributed by atoms with Crippen molar-refractivity contribution in [2.24, 2.45) is 0 Å². The van der Waals surface area contributed by atoms with Crippen LogP contribution in [0.25, 0.3) is 22.0 Å². The van der Waals surface area contributed by atoms with E-state index in [0.717, 1.165) is 29.6 Å². The van der Waals surface area contributed by atoms with Gasteiger partial charge in [0.25, 0.3) is 0 Å². The molecule has 0 saturated carbocycles. The maximum Gasteiger partial charge on any atom is 0.247 e. The molecule has 1 aliphatic rings. The molecule has 2 heterocycles. The first-order valence-corrected chi connectivity index (χ1v) is 11.9. The van der Waals surface area contributed by atoms with Gasteiger partial charge in [0, 0.05) is 54.7 Å². The number of benzene rings is 3. The molecule has 3 aromatic carbocycles. The Hall–Kier alpha value is -4.37. The van der Waals surface area contributed by atoms with Crippen LogP contribution in [0.2, 0.25) is 0 Å². The number of nitrogens with one attached hydrogen (secondary N) is 2. The van der Waals surface area contributed by atoms with Gasteiger partial charge in [-0.2, -0.15) is 0 Å². The van der Waals surface area contributed by atoms with E-state index in [4.69, 9.17) is 0 Å². The summed E-state index contributed by atoms with van der Waals surface area (Å²) < 4.78 is 30.1. The second-order valence-electron chi connectivity index (χ2n) is 8.91. The van der Waals surface area contributed by atoms with Gasteiger partial charge in [0.05, 0.1) is 5.52 Å². The number of rotatable bonds is 6. The first-order chi connectivity index (χ1) is 17.9. The zero-order valence-corrected chi connectivity index (χ0v) is 20.3. The molecule has 188 valence electrons. The molecule has 1 amide bonds. The quantitative estimate of drug-likeness (QED) is 0.355. The van der Waals surface area contributed by atoms with Crippen molar-refractivity contribution in [3.8, 4) is 11.1 Å². The van der Waals surface area contributed by atoms with E-state index in [-0.39, 0.29) is 17.5 Å². The molecule has 1 fully saturated rings. The summed E-state index contributed by atoms with van der Waals surface area (Å²) in [7, 11) is 2.03. The monoisotopic (exact) mass is 500 g/mol. The molecule has 37 heavy (non-hydrogen) atoms. The Morgan fingerprint density at radius 1 is 1.03 bits per heavy atom. The molecule has 7 nitrogen and oxygen atoms in total. The number of carbonyl (C=O) groups excluding carboxylic acids is 1. The van der Waals surface area contributed by atoms with Gasteiger partial charge in [-0.3, -0.25) is 4.79 Å². The zero-order chi connectivity index (χ0) is 25.9. The smallest absolute Gasteiger partial charge is 0.247 e. The largest absolute Gasteiger partial charge is 0.369 e. The second kappa shape index (κ2) is 10.3. The SMILES string of the molecule is C=CC(=O)Nc1cccc(-c2cccc3cnc(Nc4c(F)cc(N5CCN(C)CC5)cc4F)nc23)c1. The van der Waals surface area contributed by atoms with E-state index in [1.54, 1.807) is 12.3 Å². The molecule has 0 radical (unpaired) electrons. The summed E-state index contributed by atoms with van der Waals surface area (Å²) in [4.78, 5) is 24.7. The fourth-order valence-corrected chi connectivity index (χ4v) is 4.34. The molecule has 1 aromatic heterocycles. The second-order valence-corrected chi connectivity index (χ2v) is 8.91. The van der Waals surface area contributed by atoms with E-state index in [2.05, 4.69) is 32.1 Å². The Bertz CT molecular complexity index is 1460. The van der Waals surface area contributed by atoms with Gasteiger partial charge >= 0.3 is 0 Å². The minimum absolute atomic E-state index is 0.0706. The number of hydrogen-bond acceptors (Lipinski definition) is 6. The molecule has 2 N–H and O–H groups in total. The molecule has 0 atom stereocenters. The molecule has 0 unspecified atom stereocenters. The lowest BCUT2D eigenvalue weighted by molar-refractivity contribution is -0.111. The highest BCUT2D eigenvalue weighted by Crippen LogP contribution is 2.32. The lowest BCUT2D eigenvalue weighted by atomic mass is 10.0. The number of nitrogens with zero attached hydrogens (tertiary/aromatic N) is 4. The summed E-state index contributed by atoms with van der Waals surface area (Å²) in [6.45, 7) is 6.55. The van der Waals surface area contributed by atoms with Crippen molar-refractivity contribution in [2.75, 3.05) is 48.8 Å². The summed E-state index contributed by atoms with van der Waals surface area (Å²) in [6, 6.07) is 15.6. The van der Waals surface area contributed by atoms with Crippen molar-refractivity contribution >= 4 is 39.8 Å².